The second-order valence-corrected chi connectivity index (χ2v) is 4.94. The van der Waals surface area contributed by atoms with Crippen molar-refractivity contribution in [3.63, 3.8) is 0 Å². The van der Waals surface area contributed by atoms with Crippen molar-refractivity contribution < 1.29 is 28.7 Å². The number of esters is 1. The van der Waals surface area contributed by atoms with Gasteiger partial charge >= 0.3 is 11.7 Å². The van der Waals surface area contributed by atoms with E-state index in [2.05, 4.69) is 0 Å². The van der Waals surface area contributed by atoms with Gasteiger partial charge in [0.2, 0.25) is 0 Å². The summed E-state index contributed by atoms with van der Waals surface area (Å²) < 4.78 is 15.2. The lowest BCUT2D eigenvalue weighted by molar-refractivity contribution is -0.385. The van der Waals surface area contributed by atoms with Crippen LogP contribution in [0, 0.1) is 10.1 Å². The molecular weight excluding hydrogens is 320 g/mol. The van der Waals surface area contributed by atoms with Crippen LogP contribution in [0.4, 0.5) is 5.69 Å². The molecule has 0 atom stereocenters. The lowest BCUT2D eigenvalue weighted by Crippen LogP contribution is -2.42. The number of hydrogen-bond donors (Lipinski definition) is 0. The van der Waals surface area contributed by atoms with E-state index < -0.39 is 17.5 Å². The van der Waals surface area contributed by atoms with E-state index in [1.54, 1.807) is 6.92 Å². The maximum Gasteiger partial charge on any atom is 0.338 e. The minimum absolute atomic E-state index is 0.0140. The van der Waals surface area contributed by atoms with Crippen LogP contribution in [-0.4, -0.2) is 61.2 Å². The van der Waals surface area contributed by atoms with E-state index in [-0.39, 0.29) is 29.5 Å². The van der Waals surface area contributed by atoms with Crippen LogP contribution in [-0.2, 0) is 14.3 Å². The molecule has 0 N–H and O–H groups in total. The highest BCUT2D eigenvalue weighted by molar-refractivity contribution is 5.92. The Kier molecular flexibility index (Phi) is 6.07. The van der Waals surface area contributed by atoms with Gasteiger partial charge in [0.15, 0.2) is 12.4 Å². The predicted molar refractivity (Wildman–Crippen MR) is 81.9 cm³/mol. The Morgan fingerprint density at radius 3 is 2.67 bits per heavy atom. The molecule has 1 aromatic carbocycles. The van der Waals surface area contributed by atoms with Crippen LogP contribution in [0.3, 0.4) is 0 Å². The fraction of sp³-hybridized carbons (Fsp3) is 0.467. The van der Waals surface area contributed by atoms with E-state index in [1.807, 2.05) is 0 Å². The third-order valence-corrected chi connectivity index (χ3v) is 3.38. The Morgan fingerprint density at radius 2 is 2.04 bits per heavy atom. The average molecular weight is 338 g/mol. The second-order valence-electron chi connectivity index (χ2n) is 4.94. The van der Waals surface area contributed by atoms with Crippen molar-refractivity contribution in [1.82, 2.24) is 4.90 Å². The zero-order chi connectivity index (χ0) is 17.5. The Morgan fingerprint density at radius 1 is 1.33 bits per heavy atom. The number of nitro benzene ring substituents is 1. The quantitative estimate of drug-likeness (QED) is 0.432. The van der Waals surface area contributed by atoms with Crippen molar-refractivity contribution in [2.24, 2.45) is 0 Å². The van der Waals surface area contributed by atoms with Crippen molar-refractivity contribution in [2.45, 2.75) is 6.92 Å². The van der Waals surface area contributed by atoms with Crippen molar-refractivity contribution in [3.8, 4) is 5.75 Å². The number of carbonyl (C=O) groups is 2. The first kappa shape index (κ1) is 17.7. The van der Waals surface area contributed by atoms with Gasteiger partial charge < -0.3 is 19.1 Å². The predicted octanol–water partition coefficient (Wildman–Crippen LogP) is 1.01. The highest BCUT2D eigenvalue weighted by Gasteiger charge is 2.22. The summed E-state index contributed by atoms with van der Waals surface area (Å²) in [6.45, 7) is 3.34. The number of rotatable bonds is 6. The van der Waals surface area contributed by atoms with Crippen molar-refractivity contribution in [3.05, 3.63) is 33.9 Å². The molecule has 0 aliphatic carbocycles. The van der Waals surface area contributed by atoms with Crippen LogP contribution in [0.25, 0.3) is 0 Å². The molecule has 1 saturated heterocycles. The number of carbonyl (C=O) groups excluding carboxylic acids is 2. The van der Waals surface area contributed by atoms with Crippen molar-refractivity contribution in [1.29, 1.82) is 0 Å². The molecule has 1 amide bonds. The molecule has 0 aromatic heterocycles. The van der Waals surface area contributed by atoms with E-state index in [1.165, 1.54) is 17.0 Å². The zero-order valence-electron chi connectivity index (χ0n) is 13.2. The zero-order valence-corrected chi connectivity index (χ0v) is 13.2. The third kappa shape index (κ3) is 4.42. The summed E-state index contributed by atoms with van der Waals surface area (Å²) in [5, 5.41) is 11.0. The number of morpholine rings is 1. The summed E-state index contributed by atoms with van der Waals surface area (Å²) in [5.41, 5.74) is -0.342. The van der Waals surface area contributed by atoms with Crippen LogP contribution in [0.2, 0.25) is 0 Å². The van der Waals surface area contributed by atoms with E-state index in [0.717, 1.165) is 6.07 Å². The molecule has 130 valence electrons. The average Bonchev–Trinajstić information content (AvgIpc) is 2.60. The largest absolute Gasteiger partial charge is 0.487 e. The van der Waals surface area contributed by atoms with Gasteiger partial charge in [0.25, 0.3) is 5.91 Å². The molecule has 2 rings (SSSR count). The highest BCUT2D eigenvalue weighted by Crippen LogP contribution is 2.28. The van der Waals surface area contributed by atoms with Crippen molar-refractivity contribution >= 4 is 17.6 Å². The van der Waals surface area contributed by atoms with E-state index >= 15 is 0 Å². The van der Waals surface area contributed by atoms with Gasteiger partial charge in [0.1, 0.15) is 0 Å². The minimum Gasteiger partial charge on any atom is -0.487 e. The number of benzene rings is 1. The fourth-order valence-corrected chi connectivity index (χ4v) is 2.18. The summed E-state index contributed by atoms with van der Waals surface area (Å²) in [5.74, 6) is -1.06. The monoisotopic (exact) mass is 338 g/mol. The Labute approximate surface area is 138 Å². The smallest absolute Gasteiger partial charge is 0.338 e. The molecule has 1 fully saturated rings. The topological polar surface area (TPSA) is 108 Å². The van der Waals surface area contributed by atoms with Gasteiger partial charge in [-0.3, -0.25) is 14.9 Å². The van der Waals surface area contributed by atoms with Gasteiger partial charge in [0.05, 0.1) is 30.3 Å². The first-order valence-corrected chi connectivity index (χ1v) is 7.46. The van der Waals surface area contributed by atoms with Crippen LogP contribution >= 0.6 is 0 Å². The SMILES string of the molecule is CCOc1ccc(C(=O)OCC(=O)N2CCOCC2)cc1[N+](=O)[O-]. The lowest BCUT2D eigenvalue weighted by Gasteiger charge is -2.26. The van der Waals surface area contributed by atoms with E-state index in [9.17, 15) is 19.7 Å². The molecule has 0 spiro atoms. The molecule has 1 heterocycles. The standard InChI is InChI=1S/C15H18N2O7/c1-2-23-13-4-3-11(9-12(13)17(20)21)15(19)24-10-14(18)16-5-7-22-8-6-16/h3-4,9H,2,5-8,10H2,1H3. The number of nitrogens with zero attached hydrogens (tertiary/aromatic N) is 2. The van der Waals surface area contributed by atoms with Crippen LogP contribution in [0.15, 0.2) is 18.2 Å². The van der Waals surface area contributed by atoms with E-state index in [0.29, 0.717) is 26.3 Å². The number of ether oxygens (including phenoxy) is 3. The highest BCUT2D eigenvalue weighted by atomic mass is 16.6. The number of hydrogen-bond acceptors (Lipinski definition) is 7. The molecule has 0 saturated carbocycles. The third-order valence-electron chi connectivity index (χ3n) is 3.38. The summed E-state index contributed by atoms with van der Waals surface area (Å²) >= 11 is 0. The Hall–Kier alpha value is -2.68. The molecule has 0 unspecified atom stereocenters. The van der Waals surface area contributed by atoms with E-state index in [4.69, 9.17) is 14.2 Å². The molecule has 0 bridgehead atoms. The van der Waals surface area contributed by atoms with Crippen LogP contribution in [0.5, 0.6) is 5.75 Å². The lowest BCUT2D eigenvalue weighted by atomic mass is 10.2. The molecule has 0 radical (unpaired) electrons. The Bertz CT molecular complexity index is 626. The normalized spacial score (nSPS) is 14.1. The maximum atomic E-state index is 12.0. The Balaban J connectivity index is 2.00. The van der Waals surface area contributed by atoms with Crippen LogP contribution < -0.4 is 4.74 Å². The molecule has 1 aliphatic rings. The second kappa shape index (κ2) is 8.25. The summed E-state index contributed by atoms with van der Waals surface area (Å²) in [4.78, 5) is 35.9. The van der Waals surface area contributed by atoms with Gasteiger partial charge in [-0.1, -0.05) is 0 Å². The van der Waals surface area contributed by atoms with Gasteiger partial charge in [0, 0.05) is 19.2 Å². The molecular formula is C15H18N2O7. The fourth-order valence-electron chi connectivity index (χ4n) is 2.18. The van der Waals surface area contributed by atoms with Crippen molar-refractivity contribution in [2.75, 3.05) is 39.5 Å². The first-order valence-electron chi connectivity index (χ1n) is 7.46. The number of amides is 1. The summed E-state index contributed by atoms with van der Waals surface area (Å²) in [6, 6.07) is 3.77. The summed E-state index contributed by atoms with van der Waals surface area (Å²) in [7, 11) is 0. The van der Waals surface area contributed by atoms with Gasteiger partial charge in [-0.2, -0.15) is 0 Å². The molecule has 9 nitrogen and oxygen atoms in total. The van der Waals surface area contributed by atoms with Gasteiger partial charge in [-0.05, 0) is 19.1 Å². The van der Waals surface area contributed by atoms with Crippen LogP contribution in [0.1, 0.15) is 17.3 Å². The maximum absolute atomic E-state index is 12.0. The minimum atomic E-state index is -0.803. The summed E-state index contributed by atoms with van der Waals surface area (Å²) in [6.07, 6.45) is 0. The number of nitro groups is 1. The van der Waals surface area contributed by atoms with Gasteiger partial charge in [-0.25, -0.2) is 4.79 Å². The molecule has 9 heteroatoms. The molecule has 1 aliphatic heterocycles. The molecule has 24 heavy (non-hydrogen) atoms. The molecule has 1 aromatic rings. The first-order chi connectivity index (χ1) is 11.5. The van der Waals surface area contributed by atoms with Gasteiger partial charge in [-0.15, -0.1) is 0 Å².